The molecular weight excluding hydrogens is 316 g/mol. The van der Waals surface area contributed by atoms with Crippen LogP contribution in [0.15, 0.2) is 43.0 Å². The van der Waals surface area contributed by atoms with Crippen LogP contribution in [0, 0.1) is 0 Å². The first-order chi connectivity index (χ1) is 12.3. The molecule has 1 amide bonds. The predicted octanol–water partition coefficient (Wildman–Crippen LogP) is 1.63. The molecule has 2 aromatic heterocycles. The minimum absolute atomic E-state index is 0.220. The van der Waals surface area contributed by atoms with E-state index < -0.39 is 0 Å². The summed E-state index contributed by atoms with van der Waals surface area (Å²) in [5.74, 6) is 1.08. The fraction of sp³-hybridized carbons (Fsp3) is 0.333. The van der Waals surface area contributed by atoms with Gasteiger partial charge in [-0.25, -0.2) is 15.0 Å². The van der Waals surface area contributed by atoms with Crippen LogP contribution in [-0.2, 0) is 11.2 Å². The Morgan fingerprint density at radius 1 is 1.04 bits per heavy atom. The lowest BCUT2D eigenvalue weighted by atomic mass is 10.1. The van der Waals surface area contributed by atoms with Crippen LogP contribution in [0.1, 0.15) is 12.0 Å². The second kappa shape index (κ2) is 6.88. The van der Waals surface area contributed by atoms with Gasteiger partial charge in [0, 0.05) is 32.6 Å². The normalized spacial score (nSPS) is 14.9. The zero-order valence-electron chi connectivity index (χ0n) is 13.9. The van der Waals surface area contributed by atoms with Crippen LogP contribution >= 0.6 is 0 Å². The van der Waals surface area contributed by atoms with Gasteiger partial charge in [-0.2, -0.15) is 0 Å². The fourth-order valence-electron chi connectivity index (χ4n) is 3.21. The average molecular weight is 336 g/mol. The monoisotopic (exact) mass is 336 g/mol. The van der Waals surface area contributed by atoms with Gasteiger partial charge in [0.2, 0.25) is 5.91 Å². The zero-order chi connectivity index (χ0) is 17.1. The van der Waals surface area contributed by atoms with Crippen molar-refractivity contribution in [2.75, 3.05) is 31.1 Å². The van der Waals surface area contributed by atoms with Gasteiger partial charge in [-0.15, -0.1) is 0 Å². The van der Waals surface area contributed by atoms with Gasteiger partial charge in [0.1, 0.15) is 11.8 Å². The van der Waals surface area contributed by atoms with E-state index in [-0.39, 0.29) is 5.91 Å². The lowest BCUT2D eigenvalue weighted by Crippen LogP contribution is -2.49. The SMILES string of the molecule is O=C(CCc1ccccc1)N1CCN(c2ncnc3nc[nH]c23)CC1. The number of aromatic amines is 1. The van der Waals surface area contributed by atoms with Crippen LogP contribution < -0.4 is 4.90 Å². The maximum absolute atomic E-state index is 12.5. The zero-order valence-corrected chi connectivity index (χ0v) is 13.9. The fourth-order valence-corrected chi connectivity index (χ4v) is 3.21. The van der Waals surface area contributed by atoms with Gasteiger partial charge >= 0.3 is 0 Å². The number of benzene rings is 1. The summed E-state index contributed by atoms with van der Waals surface area (Å²) >= 11 is 0. The molecule has 25 heavy (non-hydrogen) atoms. The van der Waals surface area contributed by atoms with Crippen molar-refractivity contribution in [1.29, 1.82) is 0 Å². The molecule has 1 N–H and O–H groups in total. The van der Waals surface area contributed by atoms with E-state index in [1.165, 1.54) is 11.9 Å². The van der Waals surface area contributed by atoms with Crippen LogP contribution in [0.4, 0.5) is 5.82 Å². The van der Waals surface area contributed by atoms with E-state index in [1.54, 1.807) is 6.33 Å². The summed E-state index contributed by atoms with van der Waals surface area (Å²) in [6.45, 7) is 2.96. The van der Waals surface area contributed by atoms with Crippen molar-refractivity contribution < 1.29 is 4.79 Å². The topological polar surface area (TPSA) is 78.0 Å². The summed E-state index contributed by atoms with van der Waals surface area (Å²) in [6.07, 6.45) is 4.52. The molecule has 7 heteroatoms. The number of carbonyl (C=O) groups is 1. The molecule has 0 radical (unpaired) electrons. The van der Waals surface area contributed by atoms with Crippen molar-refractivity contribution in [2.45, 2.75) is 12.8 Å². The van der Waals surface area contributed by atoms with Crippen LogP contribution in [0.3, 0.4) is 0 Å². The number of hydrogen-bond acceptors (Lipinski definition) is 5. The first kappa shape index (κ1) is 15.6. The van der Waals surface area contributed by atoms with E-state index in [2.05, 4.69) is 37.0 Å². The van der Waals surface area contributed by atoms with Gasteiger partial charge in [0.25, 0.3) is 0 Å². The number of imidazole rings is 1. The summed E-state index contributed by atoms with van der Waals surface area (Å²) in [7, 11) is 0. The van der Waals surface area contributed by atoms with Gasteiger partial charge < -0.3 is 14.8 Å². The third-order valence-corrected chi connectivity index (χ3v) is 4.61. The number of nitrogens with one attached hydrogen (secondary N) is 1. The minimum Gasteiger partial charge on any atom is -0.351 e. The van der Waals surface area contributed by atoms with E-state index in [4.69, 9.17) is 0 Å². The Morgan fingerprint density at radius 2 is 1.84 bits per heavy atom. The highest BCUT2D eigenvalue weighted by Gasteiger charge is 2.23. The Morgan fingerprint density at radius 3 is 2.64 bits per heavy atom. The number of H-pyrrole nitrogens is 1. The molecule has 0 bridgehead atoms. The summed E-state index contributed by atoms with van der Waals surface area (Å²) in [5.41, 5.74) is 2.73. The molecule has 1 aliphatic rings. The van der Waals surface area contributed by atoms with Crippen LogP contribution in [0.5, 0.6) is 0 Å². The first-order valence-corrected chi connectivity index (χ1v) is 8.52. The highest BCUT2D eigenvalue weighted by Crippen LogP contribution is 2.21. The molecule has 128 valence electrons. The maximum atomic E-state index is 12.5. The lowest BCUT2D eigenvalue weighted by molar-refractivity contribution is -0.131. The van der Waals surface area contributed by atoms with Gasteiger partial charge in [-0.3, -0.25) is 4.79 Å². The number of fused-ring (bicyclic) bond motifs is 1. The summed E-state index contributed by atoms with van der Waals surface area (Å²) in [6, 6.07) is 10.1. The van der Waals surface area contributed by atoms with E-state index in [0.717, 1.165) is 30.8 Å². The van der Waals surface area contributed by atoms with E-state index in [1.807, 2.05) is 23.1 Å². The number of amides is 1. The molecule has 0 spiro atoms. The highest BCUT2D eigenvalue weighted by molar-refractivity contribution is 5.83. The third kappa shape index (κ3) is 3.31. The van der Waals surface area contributed by atoms with Crippen molar-refractivity contribution in [2.24, 2.45) is 0 Å². The third-order valence-electron chi connectivity index (χ3n) is 4.61. The van der Waals surface area contributed by atoms with Gasteiger partial charge in [-0.05, 0) is 12.0 Å². The molecule has 0 aliphatic carbocycles. The van der Waals surface area contributed by atoms with Crippen molar-refractivity contribution in [1.82, 2.24) is 24.8 Å². The molecule has 1 aliphatic heterocycles. The number of aryl methyl sites for hydroxylation is 1. The molecule has 0 atom stereocenters. The predicted molar refractivity (Wildman–Crippen MR) is 95.2 cm³/mol. The Kier molecular flexibility index (Phi) is 4.28. The second-order valence-electron chi connectivity index (χ2n) is 6.15. The van der Waals surface area contributed by atoms with E-state index in [9.17, 15) is 4.79 Å². The number of piperazine rings is 1. The van der Waals surface area contributed by atoms with Gasteiger partial charge in [0.15, 0.2) is 11.5 Å². The van der Waals surface area contributed by atoms with Crippen molar-refractivity contribution in [3.8, 4) is 0 Å². The molecule has 7 nitrogen and oxygen atoms in total. The molecule has 0 saturated carbocycles. The lowest BCUT2D eigenvalue weighted by Gasteiger charge is -2.35. The molecular formula is C18H20N6O. The molecule has 3 heterocycles. The standard InChI is InChI=1S/C18H20N6O/c25-15(7-6-14-4-2-1-3-5-14)23-8-10-24(11-9-23)18-16-17(20-12-19-16)21-13-22-18/h1-5,12-13H,6-11H2,(H,19,20,21,22). The van der Waals surface area contributed by atoms with Crippen LogP contribution in [0.25, 0.3) is 11.2 Å². The van der Waals surface area contributed by atoms with Crippen molar-refractivity contribution in [3.05, 3.63) is 48.5 Å². The Hall–Kier alpha value is -2.96. The maximum Gasteiger partial charge on any atom is 0.223 e. The summed E-state index contributed by atoms with van der Waals surface area (Å²) in [4.78, 5) is 32.4. The molecule has 1 aromatic carbocycles. The van der Waals surface area contributed by atoms with Crippen molar-refractivity contribution >= 4 is 22.9 Å². The minimum atomic E-state index is 0.220. The summed E-state index contributed by atoms with van der Waals surface area (Å²) in [5, 5.41) is 0. The smallest absolute Gasteiger partial charge is 0.223 e. The molecule has 1 fully saturated rings. The number of hydrogen-bond donors (Lipinski definition) is 1. The summed E-state index contributed by atoms with van der Waals surface area (Å²) < 4.78 is 0. The van der Waals surface area contributed by atoms with Crippen LogP contribution in [0.2, 0.25) is 0 Å². The first-order valence-electron chi connectivity index (χ1n) is 8.52. The van der Waals surface area contributed by atoms with Crippen LogP contribution in [-0.4, -0.2) is 56.9 Å². The number of anilines is 1. The highest BCUT2D eigenvalue weighted by atomic mass is 16.2. The largest absolute Gasteiger partial charge is 0.351 e. The molecule has 1 saturated heterocycles. The Labute approximate surface area is 145 Å². The molecule has 4 rings (SSSR count). The number of nitrogens with zero attached hydrogens (tertiary/aromatic N) is 5. The Bertz CT molecular complexity index is 854. The Balaban J connectivity index is 1.35. The van der Waals surface area contributed by atoms with E-state index in [0.29, 0.717) is 25.2 Å². The second-order valence-corrected chi connectivity index (χ2v) is 6.15. The number of rotatable bonds is 4. The van der Waals surface area contributed by atoms with Gasteiger partial charge in [0.05, 0.1) is 6.33 Å². The average Bonchev–Trinajstić information content (AvgIpc) is 3.16. The quantitative estimate of drug-likeness (QED) is 0.783. The number of aromatic nitrogens is 4. The molecule has 0 unspecified atom stereocenters. The molecule has 3 aromatic rings. The van der Waals surface area contributed by atoms with E-state index >= 15 is 0 Å². The van der Waals surface area contributed by atoms with Crippen molar-refractivity contribution in [3.63, 3.8) is 0 Å². The number of carbonyl (C=O) groups excluding carboxylic acids is 1. The van der Waals surface area contributed by atoms with Gasteiger partial charge in [-0.1, -0.05) is 30.3 Å².